The molecule has 3 aromatic rings. The molecule has 1 atom stereocenters. The average molecular weight is 418 g/mol. The van der Waals surface area contributed by atoms with E-state index in [1.54, 1.807) is 6.07 Å². The lowest BCUT2D eigenvalue weighted by Crippen LogP contribution is -2.29. The van der Waals surface area contributed by atoms with Gasteiger partial charge in [-0.25, -0.2) is 9.97 Å². The van der Waals surface area contributed by atoms with E-state index in [0.29, 0.717) is 17.3 Å². The number of hydrogen-bond donors (Lipinski definition) is 1. The quantitative estimate of drug-likeness (QED) is 0.486. The van der Waals surface area contributed by atoms with E-state index in [0.717, 1.165) is 11.4 Å². The van der Waals surface area contributed by atoms with Crippen LogP contribution in [-0.4, -0.2) is 28.7 Å². The van der Waals surface area contributed by atoms with Crippen LogP contribution in [0.1, 0.15) is 18.3 Å². The van der Waals surface area contributed by atoms with Gasteiger partial charge in [0.05, 0.1) is 23.2 Å². The molecule has 0 amide bonds. The molecule has 0 aliphatic carbocycles. The van der Waals surface area contributed by atoms with Crippen molar-refractivity contribution in [3.63, 3.8) is 0 Å². The summed E-state index contributed by atoms with van der Waals surface area (Å²) < 4.78 is 38.2. The highest BCUT2D eigenvalue weighted by Gasteiger charge is 2.33. The van der Waals surface area contributed by atoms with Crippen molar-refractivity contribution in [1.29, 1.82) is 0 Å². The Labute approximate surface area is 167 Å². The Balaban J connectivity index is 1.88. The Morgan fingerprint density at radius 3 is 2.21 bits per heavy atom. The number of rotatable bonds is 5. The molecular formula is C19H16ClN3O4S. The van der Waals surface area contributed by atoms with E-state index in [1.165, 1.54) is 6.20 Å². The number of benzene rings is 2. The van der Waals surface area contributed by atoms with E-state index < -0.39 is 21.9 Å². The molecule has 1 unspecified atom stereocenters. The fraction of sp³-hybridized carbons (Fsp3) is 0.158. The molecule has 0 saturated carbocycles. The monoisotopic (exact) mass is 417 g/mol. The topological polar surface area (TPSA) is 92.6 Å². The number of fused-ring (bicyclic) bond motifs is 2. The first-order valence-electron chi connectivity index (χ1n) is 8.51. The fourth-order valence-corrected chi connectivity index (χ4v) is 3.88. The molecule has 0 fully saturated rings. The predicted molar refractivity (Wildman–Crippen MR) is 106 cm³/mol. The van der Waals surface area contributed by atoms with Crippen molar-refractivity contribution in [3.8, 4) is 11.5 Å². The van der Waals surface area contributed by atoms with Crippen LogP contribution in [0.15, 0.2) is 60.8 Å². The summed E-state index contributed by atoms with van der Waals surface area (Å²) in [6.45, 7) is 0. The van der Waals surface area contributed by atoms with Crippen LogP contribution in [-0.2, 0) is 10.1 Å². The zero-order valence-electron chi connectivity index (χ0n) is 14.6. The van der Waals surface area contributed by atoms with Gasteiger partial charge in [0.2, 0.25) is 0 Å². The van der Waals surface area contributed by atoms with Crippen LogP contribution in [0.25, 0.3) is 0 Å². The highest BCUT2D eigenvalue weighted by molar-refractivity contribution is 7.85. The van der Waals surface area contributed by atoms with E-state index in [4.69, 9.17) is 16.3 Å². The highest BCUT2D eigenvalue weighted by Crippen LogP contribution is 2.50. The van der Waals surface area contributed by atoms with Gasteiger partial charge in [-0.2, -0.15) is 8.42 Å². The summed E-state index contributed by atoms with van der Waals surface area (Å²) >= 11 is 6.06. The minimum atomic E-state index is -4.18. The molecule has 1 aliphatic heterocycles. The summed E-state index contributed by atoms with van der Waals surface area (Å²) in [5.74, 6) is 1.15. The van der Waals surface area contributed by atoms with Gasteiger partial charge in [0, 0.05) is 6.20 Å². The molecule has 0 bridgehead atoms. The van der Waals surface area contributed by atoms with Crippen molar-refractivity contribution in [2.45, 2.75) is 12.5 Å². The standard InChI is InChI=1S/C19H16ClN3O4S/c20-18-9-11-21-19(22-18)15(10-12-28(24,25)26)23-13-5-1-3-7-16(13)27-17-8-4-2-6-14(17)23/h1-9,11,15H,10,12H2,(H,24,25,26). The summed E-state index contributed by atoms with van der Waals surface area (Å²) in [5.41, 5.74) is 1.48. The summed E-state index contributed by atoms with van der Waals surface area (Å²) in [4.78, 5) is 10.5. The third-order valence-electron chi connectivity index (χ3n) is 4.37. The molecule has 28 heavy (non-hydrogen) atoms. The highest BCUT2D eigenvalue weighted by atomic mass is 35.5. The molecule has 7 nitrogen and oxygen atoms in total. The number of nitrogens with zero attached hydrogens (tertiary/aromatic N) is 3. The third kappa shape index (κ3) is 3.80. The molecule has 1 aromatic heterocycles. The van der Waals surface area contributed by atoms with E-state index in [1.807, 2.05) is 53.4 Å². The maximum Gasteiger partial charge on any atom is 0.264 e. The summed E-state index contributed by atoms with van der Waals surface area (Å²) in [6.07, 6.45) is 1.57. The molecule has 4 rings (SSSR count). The first-order valence-corrected chi connectivity index (χ1v) is 10.5. The Bertz CT molecular complexity index is 1080. The van der Waals surface area contributed by atoms with E-state index in [2.05, 4.69) is 9.97 Å². The average Bonchev–Trinajstić information content (AvgIpc) is 2.66. The first-order chi connectivity index (χ1) is 13.4. The van der Waals surface area contributed by atoms with Gasteiger partial charge in [-0.3, -0.25) is 4.55 Å². The van der Waals surface area contributed by atoms with Crippen LogP contribution < -0.4 is 9.64 Å². The molecule has 2 aromatic carbocycles. The number of ether oxygens (including phenoxy) is 1. The van der Waals surface area contributed by atoms with Gasteiger partial charge in [0.25, 0.3) is 10.1 Å². The van der Waals surface area contributed by atoms with Crippen LogP contribution >= 0.6 is 11.6 Å². The molecular weight excluding hydrogens is 402 g/mol. The van der Waals surface area contributed by atoms with Crippen LogP contribution in [0.5, 0.6) is 11.5 Å². The van der Waals surface area contributed by atoms with Crippen molar-refractivity contribution in [1.82, 2.24) is 9.97 Å². The number of para-hydroxylation sites is 4. The van der Waals surface area contributed by atoms with Crippen molar-refractivity contribution in [3.05, 3.63) is 71.8 Å². The maximum absolute atomic E-state index is 11.5. The summed E-state index contributed by atoms with van der Waals surface area (Å²) in [6, 6.07) is 15.8. The Hall–Kier alpha value is -2.68. The van der Waals surface area contributed by atoms with Gasteiger partial charge in [0.1, 0.15) is 5.15 Å². The second-order valence-corrected chi connectivity index (χ2v) is 8.19. The molecule has 1 aliphatic rings. The van der Waals surface area contributed by atoms with Crippen molar-refractivity contribution >= 4 is 33.1 Å². The van der Waals surface area contributed by atoms with Crippen LogP contribution in [0.3, 0.4) is 0 Å². The minimum absolute atomic E-state index is 0.0574. The summed E-state index contributed by atoms with van der Waals surface area (Å²) in [5, 5.41) is 0.247. The van der Waals surface area contributed by atoms with Gasteiger partial charge in [-0.15, -0.1) is 0 Å². The van der Waals surface area contributed by atoms with Crippen LogP contribution in [0, 0.1) is 0 Å². The van der Waals surface area contributed by atoms with Crippen LogP contribution in [0.4, 0.5) is 11.4 Å². The van der Waals surface area contributed by atoms with E-state index in [-0.39, 0.29) is 11.6 Å². The maximum atomic E-state index is 11.5. The lowest BCUT2D eigenvalue weighted by atomic mass is 10.1. The molecule has 0 radical (unpaired) electrons. The number of aromatic nitrogens is 2. The predicted octanol–water partition coefficient (Wildman–Crippen LogP) is 4.39. The van der Waals surface area contributed by atoms with Crippen molar-refractivity contribution in [2.24, 2.45) is 0 Å². The minimum Gasteiger partial charge on any atom is -0.453 e. The Morgan fingerprint density at radius 2 is 1.64 bits per heavy atom. The number of anilines is 2. The lowest BCUT2D eigenvalue weighted by Gasteiger charge is -2.37. The zero-order valence-corrected chi connectivity index (χ0v) is 16.1. The zero-order chi connectivity index (χ0) is 19.7. The molecule has 9 heteroatoms. The number of hydrogen-bond acceptors (Lipinski definition) is 6. The van der Waals surface area contributed by atoms with Gasteiger partial charge >= 0.3 is 0 Å². The number of halogens is 1. The lowest BCUT2D eigenvalue weighted by molar-refractivity contribution is 0.458. The fourth-order valence-electron chi connectivity index (χ4n) is 3.21. The van der Waals surface area contributed by atoms with Gasteiger partial charge in [0.15, 0.2) is 17.3 Å². The van der Waals surface area contributed by atoms with E-state index in [9.17, 15) is 13.0 Å². The van der Waals surface area contributed by atoms with Crippen molar-refractivity contribution in [2.75, 3.05) is 10.7 Å². The molecule has 2 heterocycles. The normalized spacial score (nSPS) is 14.0. The smallest absolute Gasteiger partial charge is 0.264 e. The Kier molecular flexibility index (Phi) is 4.92. The molecule has 144 valence electrons. The van der Waals surface area contributed by atoms with Gasteiger partial charge < -0.3 is 9.64 Å². The third-order valence-corrected chi connectivity index (χ3v) is 5.33. The largest absolute Gasteiger partial charge is 0.453 e. The van der Waals surface area contributed by atoms with Crippen molar-refractivity contribution < 1.29 is 17.7 Å². The Morgan fingerprint density at radius 1 is 1.04 bits per heavy atom. The first kappa shape index (κ1) is 18.7. The second kappa shape index (κ2) is 7.38. The second-order valence-electron chi connectivity index (χ2n) is 6.24. The SMILES string of the molecule is O=S(=O)(O)CCC(c1nccc(Cl)n1)N1c2ccccc2Oc2ccccc21. The summed E-state index contributed by atoms with van der Waals surface area (Å²) in [7, 11) is -4.18. The molecule has 0 saturated heterocycles. The molecule has 0 spiro atoms. The van der Waals surface area contributed by atoms with Crippen LogP contribution in [0.2, 0.25) is 5.15 Å². The van der Waals surface area contributed by atoms with Gasteiger partial charge in [-0.1, -0.05) is 35.9 Å². The van der Waals surface area contributed by atoms with E-state index >= 15 is 0 Å². The molecule has 1 N–H and O–H groups in total. The van der Waals surface area contributed by atoms with Gasteiger partial charge in [-0.05, 0) is 36.8 Å².